The molecule has 27 heavy (non-hydrogen) atoms. The summed E-state index contributed by atoms with van der Waals surface area (Å²) in [6.07, 6.45) is 8.92. The highest BCUT2D eigenvalue weighted by Gasteiger charge is 2.12. The van der Waals surface area contributed by atoms with E-state index in [1.807, 2.05) is 18.2 Å². The number of Topliss-reactive ketones (excluding diaryl/α,β-unsaturated/α-hetero) is 2. The summed E-state index contributed by atoms with van der Waals surface area (Å²) in [5, 5.41) is 6.79. The van der Waals surface area contributed by atoms with Gasteiger partial charge in [-0.15, -0.1) is 0 Å². The molecule has 1 heterocycles. The number of nitrogens with one attached hydrogen (secondary N) is 1. The van der Waals surface area contributed by atoms with Gasteiger partial charge < -0.3 is 9.88 Å². The Labute approximate surface area is 160 Å². The highest BCUT2D eigenvalue weighted by molar-refractivity contribution is 5.99. The van der Waals surface area contributed by atoms with Crippen molar-refractivity contribution >= 4 is 34.6 Å². The van der Waals surface area contributed by atoms with E-state index in [0.717, 1.165) is 65.1 Å². The highest BCUT2D eigenvalue weighted by atomic mass is 16.1. The average Bonchev–Trinajstić information content (AvgIpc) is 2.79. The Kier molecular flexibility index (Phi) is 6.07. The molecule has 0 atom stereocenters. The number of allylic oxidation sites excluding steroid dienone is 2. The second-order valence-corrected chi connectivity index (χ2v) is 7.17. The monoisotopic (exact) mass is 364 g/mol. The Morgan fingerprint density at radius 1 is 1.11 bits per heavy atom. The molecule has 1 aliphatic rings. The van der Waals surface area contributed by atoms with E-state index in [0.29, 0.717) is 6.42 Å². The molecule has 4 nitrogen and oxygen atoms in total. The largest absolute Gasteiger partial charge is 0.340 e. The summed E-state index contributed by atoms with van der Waals surface area (Å²) in [7, 11) is 0. The minimum absolute atomic E-state index is 0.0716. The quantitative estimate of drug-likeness (QED) is 0.579. The van der Waals surface area contributed by atoms with Gasteiger partial charge >= 0.3 is 0 Å². The molecule has 0 amide bonds. The van der Waals surface area contributed by atoms with Gasteiger partial charge in [-0.05, 0) is 76.0 Å². The Bertz CT molecular complexity index is 1020. The molecule has 1 aromatic carbocycles. The van der Waals surface area contributed by atoms with Gasteiger partial charge in [-0.25, -0.2) is 0 Å². The third-order valence-electron chi connectivity index (χ3n) is 5.13. The minimum Gasteiger partial charge on any atom is -0.340 e. The van der Waals surface area contributed by atoms with E-state index in [2.05, 4.69) is 35.0 Å². The Hall–Kier alpha value is -2.46. The Morgan fingerprint density at radius 2 is 1.93 bits per heavy atom. The van der Waals surface area contributed by atoms with Crippen LogP contribution in [0.25, 0.3) is 23.1 Å². The van der Waals surface area contributed by atoms with Crippen molar-refractivity contribution in [3.8, 4) is 0 Å². The molecule has 0 radical (unpaired) electrons. The molecule has 0 spiro atoms. The lowest BCUT2D eigenvalue weighted by Gasteiger charge is -2.08. The van der Waals surface area contributed by atoms with Crippen molar-refractivity contribution in [2.24, 2.45) is 0 Å². The third kappa shape index (κ3) is 4.11. The van der Waals surface area contributed by atoms with Gasteiger partial charge in [0, 0.05) is 33.6 Å². The molecule has 142 valence electrons. The normalized spacial score (nSPS) is 13.4. The minimum atomic E-state index is 0.0716. The lowest BCUT2D eigenvalue weighted by atomic mass is 10.1. The molecule has 0 fully saturated rings. The van der Waals surface area contributed by atoms with Crippen molar-refractivity contribution in [2.75, 3.05) is 13.1 Å². The van der Waals surface area contributed by atoms with Gasteiger partial charge in [0.15, 0.2) is 11.6 Å². The molecule has 3 rings (SSSR count). The Morgan fingerprint density at radius 3 is 2.63 bits per heavy atom. The molecule has 0 saturated carbocycles. The summed E-state index contributed by atoms with van der Waals surface area (Å²) >= 11 is 0. The van der Waals surface area contributed by atoms with E-state index < -0.39 is 0 Å². The van der Waals surface area contributed by atoms with Crippen molar-refractivity contribution in [1.82, 2.24) is 9.88 Å². The number of carbonyl (C=O) groups is 2. The molecule has 0 unspecified atom stereocenters. The Balaban J connectivity index is 2.10. The number of ketones is 2. The van der Waals surface area contributed by atoms with Crippen LogP contribution in [-0.2, 0) is 11.3 Å². The van der Waals surface area contributed by atoms with Crippen LogP contribution in [0.4, 0.5) is 0 Å². The lowest BCUT2D eigenvalue weighted by molar-refractivity contribution is -0.113. The number of aromatic nitrogens is 1. The number of nitrogens with zero attached hydrogens (tertiary/aromatic N) is 1. The van der Waals surface area contributed by atoms with Crippen LogP contribution >= 0.6 is 0 Å². The summed E-state index contributed by atoms with van der Waals surface area (Å²) < 4.78 is 2.32. The summed E-state index contributed by atoms with van der Waals surface area (Å²) in [5.74, 6) is 0.180. The average molecular weight is 364 g/mol. The fourth-order valence-corrected chi connectivity index (χ4v) is 3.64. The predicted molar refractivity (Wildman–Crippen MR) is 111 cm³/mol. The van der Waals surface area contributed by atoms with Crippen LogP contribution in [0.1, 0.15) is 50.4 Å². The highest BCUT2D eigenvalue weighted by Crippen LogP contribution is 2.15. The topological polar surface area (TPSA) is 51.1 Å². The van der Waals surface area contributed by atoms with Crippen molar-refractivity contribution in [2.45, 2.75) is 46.6 Å². The van der Waals surface area contributed by atoms with Gasteiger partial charge in [-0.3, -0.25) is 9.59 Å². The van der Waals surface area contributed by atoms with Crippen molar-refractivity contribution in [3.63, 3.8) is 0 Å². The zero-order valence-corrected chi connectivity index (χ0v) is 16.5. The van der Waals surface area contributed by atoms with Gasteiger partial charge in [-0.1, -0.05) is 19.1 Å². The van der Waals surface area contributed by atoms with E-state index in [1.165, 1.54) is 0 Å². The van der Waals surface area contributed by atoms with Crippen molar-refractivity contribution in [3.05, 3.63) is 46.0 Å². The summed E-state index contributed by atoms with van der Waals surface area (Å²) in [6.45, 7) is 8.30. The molecule has 0 bridgehead atoms. The number of rotatable bonds is 8. The fourth-order valence-electron chi connectivity index (χ4n) is 3.64. The van der Waals surface area contributed by atoms with Crippen LogP contribution < -0.4 is 15.9 Å². The first-order chi connectivity index (χ1) is 13.0. The maximum atomic E-state index is 11.9. The molecular formula is C23H28N2O2. The van der Waals surface area contributed by atoms with Crippen LogP contribution in [0.15, 0.2) is 29.8 Å². The number of benzene rings is 1. The van der Waals surface area contributed by atoms with Crippen molar-refractivity contribution in [1.29, 1.82) is 0 Å². The smallest absolute Gasteiger partial charge is 0.159 e. The summed E-state index contributed by atoms with van der Waals surface area (Å²) in [5.41, 5.74) is 2.69. The molecule has 1 aliphatic carbocycles. The lowest BCUT2D eigenvalue weighted by Crippen LogP contribution is -2.29. The van der Waals surface area contributed by atoms with Gasteiger partial charge in [-0.2, -0.15) is 0 Å². The maximum absolute atomic E-state index is 11.9. The van der Waals surface area contributed by atoms with Gasteiger partial charge in [0.25, 0.3) is 0 Å². The van der Waals surface area contributed by atoms with E-state index in [4.69, 9.17) is 0 Å². The molecular weight excluding hydrogens is 336 g/mol. The van der Waals surface area contributed by atoms with E-state index in [1.54, 1.807) is 13.8 Å². The van der Waals surface area contributed by atoms with Crippen molar-refractivity contribution < 1.29 is 9.59 Å². The van der Waals surface area contributed by atoms with Gasteiger partial charge in [0.2, 0.25) is 0 Å². The molecule has 0 saturated heterocycles. The summed E-state index contributed by atoms with van der Waals surface area (Å²) in [6, 6.07) is 5.95. The molecule has 0 aliphatic heterocycles. The van der Waals surface area contributed by atoms with Gasteiger partial charge in [0.05, 0.1) is 0 Å². The van der Waals surface area contributed by atoms with Crippen LogP contribution in [-0.4, -0.2) is 29.2 Å². The third-order valence-corrected chi connectivity index (χ3v) is 5.13. The number of aryl methyl sites for hydroxylation is 1. The van der Waals surface area contributed by atoms with E-state index >= 15 is 0 Å². The van der Waals surface area contributed by atoms with Crippen LogP contribution in [0.2, 0.25) is 0 Å². The molecule has 4 heteroatoms. The van der Waals surface area contributed by atoms with Gasteiger partial charge in [0.1, 0.15) is 0 Å². The number of fused-ring (bicyclic) bond motifs is 3. The maximum Gasteiger partial charge on any atom is 0.159 e. The second kappa shape index (κ2) is 8.49. The van der Waals surface area contributed by atoms with Crippen LogP contribution in [0.3, 0.4) is 0 Å². The first-order valence-corrected chi connectivity index (χ1v) is 9.79. The first kappa shape index (κ1) is 19.3. The SMILES string of the molecule is CCCNCCCn1c2c(c3cc(C(C)=O)ccc31)=CCC(C(C)=O)=CC=2. The molecule has 2 aromatic rings. The fraction of sp³-hybridized carbons (Fsp3) is 0.391. The standard InChI is InChI=1S/C23H28N2O2/c1-4-12-24-13-5-14-25-22-10-7-18(16(2)26)6-9-20(22)21-15-19(17(3)27)8-11-23(21)25/h7-11,15,24H,4-6,12-14H2,1-3H3. The van der Waals surface area contributed by atoms with Crippen LogP contribution in [0.5, 0.6) is 0 Å². The zero-order chi connectivity index (χ0) is 19.4. The first-order valence-electron chi connectivity index (χ1n) is 9.79. The number of hydrogen-bond acceptors (Lipinski definition) is 3. The molecule has 1 N–H and O–H groups in total. The summed E-state index contributed by atoms with van der Waals surface area (Å²) in [4.78, 5) is 23.7. The molecule has 1 aromatic heterocycles. The van der Waals surface area contributed by atoms with Crippen LogP contribution in [0, 0.1) is 0 Å². The van der Waals surface area contributed by atoms with E-state index in [-0.39, 0.29) is 11.6 Å². The number of carbonyl (C=O) groups excluding carboxylic acids is 2. The number of hydrogen-bond donors (Lipinski definition) is 1. The van der Waals surface area contributed by atoms with E-state index in [9.17, 15) is 9.59 Å². The second-order valence-electron chi connectivity index (χ2n) is 7.17. The zero-order valence-electron chi connectivity index (χ0n) is 16.5. The predicted octanol–water partition coefficient (Wildman–Crippen LogP) is 2.71.